The molecule has 3 unspecified atom stereocenters. The first-order valence-electron chi connectivity index (χ1n) is 7.65. The van der Waals surface area contributed by atoms with Gasteiger partial charge in [0, 0.05) is 18.4 Å². The highest BCUT2D eigenvalue weighted by atomic mass is 16.3. The third kappa shape index (κ3) is 6.69. The number of hydrogen-bond acceptors (Lipinski definition) is 4. The van der Waals surface area contributed by atoms with Gasteiger partial charge in [-0.15, -0.1) is 0 Å². The first kappa shape index (κ1) is 19.5. The van der Waals surface area contributed by atoms with Gasteiger partial charge in [0.15, 0.2) is 0 Å². The quantitative estimate of drug-likeness (QED) is 0.719. The number of nitrogens with one attached hydrogen (secondary N) is 2. The van der Waals surface area contributed by atoms with Crippen molar-refractivity contribution in [3.63, 3.8) is 0 Å². The molecule has 0 saturated heterocycles. The molecule has 0 saturated carbocycles. The van der Waals surface area contributed by atoms with Gasteiger partial charge in [0.2, 0.25) is 0 Å². The Kier molecular flexibility index (Phi) is 10.4. The maximum atomic E-state index is 12.0. The fourth-order valence-electron chi connectivity index (χ4n) is 1.99. The Morgan fingerprint density at radius 1 is 1.33 bits per heavy atom. The van der Waals surface area contributed by atoms with Crippen LogP contribution >= 0.6 is 0 Å². The molecule has 0 spiro atoms. The number of aliphatic hydroxyl groups is 1. The average molecular weight is 295 g/mol. The third-order valence-electron chi connectivity index (χ3n) is 3.19. The van der Waals surface area contributed by atoms with Crippen molar-refractivity contribution in [2.45, 2.75) is 58.7 Å². The predicted molar refractivity (Wildman–Crippen MR) is 85.9 cm³/mol. The van der Waals surface area contributed by atoms with Gasteiger partial charge in [-0.05, 0) is 38.1 Å². The molecule has 3 atom stereocenters. The molecule has 21 heavy (non-hydrogen) atoms. The number of nitrogens with zero attached hydrogens (tertiary/aromatic N) is 1. The van der Waals surface area contributed by atoms with E-state index in [1.54, 1.807) is 19.4 Å². The van der Waals surface area contributed by atoms with Crippen molar-refractivity contribution in [3.8, 4) is 0 Å². The first-order chi connectivity index (χ1) is 10.1. The monoisotopic (exact) mass is 295 g/mol. The first-order valence-corrected chi connectivity index (χ1v) is 7.65. The molecule has 1 rings (SSSR count). The molecule has 1 aromatic heterocycles. The van der Waals surface area contributed by atoms with Crippen LogP contribution in [0, 0.1) is 0 Å². The second-order valence-electron chi connectivity index (χ2n) is 4.64. The number of rotatable bonds is 7. The van der Waals surface area contributed by atoms with E-state index < -0.39 is 6.10 Å². The topological polar surface area (TPSA) is 74.2 Å². The summed E-state index contributed by atoms with van der Waals surface area (Å²) in [5.41, 5.74) is 0.965. The van der Waals surface area contributed by atoms with Crippen LogP contribution in [-0.4, -0.2) is 35.2 Å². The number of aliphatic hydroxyl groups excluding tert-OH is 1. The highest BCUT2D eigenvalue weighted by Crippen LogP contribution is 2.11. The Labute approximate surface area is 128 Å². The zero-order chi connectivity index (χ0) is 16.3. The van der Waals surface area contributed by atoms with Crippen LogP contribution in [0.1, 0.15) is 52.1 Å². The van der Waals surface area contributed by atoms with Gasteiger partial charge in [-0.3, -0.25) is 9.78 Å². The average Bonchev–Trinajstić information content (AvgIpc) is 2.54. The number of aromatic nitrogens is 1. The van der Waals surface area contributed by atoms with E-state index in [0.717, 1.165) is 18.4 Å². The molecule has 3 N–H and O–H groups in total. The van der Waals surface area contributed by atoms with Gasteiger partial charge in [-0.25, -0.2) is 0 Å². The lowest BCUT2D eigenvalue weighted by molar-refractivity contribution is -0.131. The summed E-state index contributed by atoms with van der Waals surface area (Å²) >= 11 is 0. The molecule has 0 aliphatic heterocycles. The van der Waals surface area contributed by atoms with Gasteiger partial charge in [-0.2, -0.15) is 0 Å². The highest BCUT2D eigenvalue weighted by molar-refractivity contribution is 5.81. The fourth-order valence-corrected chi connectivity index (χ4v) is 1.99. The molecule has 120 valence electrons. The number of amides is 1. The Bertz CT molecular complexity index is 384. The SMILES string of the molecule is CC.CCCC(NC)C(O)C(=O)NC(C)c1ccncc1. The molecule has 0 radical (unpaired) electrons. The van der Waals surface area contributed by atoms with Crippen LogP contribution in [-0.2, 0) is 4.79 Å². The van der Waals surface area contributed by atoms with E-state index in [-0.39, 0.29) is 18.0 Å². The van der Waals surface area contributed by atoms with Crippen molar-refractivity contribution in [1.29, 1.82) is 0 Å². The van der Waals surface area contributed by atoms with Gasteiger partial charge in [0.1, 0.15) is 6.10 Å². The highest BCUT2D eigenvalue weighted by Gasteiger charge is 2.25. The zero-order valence-corrected chi connectivity index (χ0v) is 13.8. The Morgan fingerprint density at radius 2 is 1.90 bits per heavy atom. The zero-order valence-electron chi connectivity index (χ0n) is 13.8. The van der Waals surface area contributed by atoms with E-state index in [1.807, 2.05) is 39.8 Å². The fraction of sp³-hybridized carbons (Fsp3) is 0.625. The van der Waals surface area contributed by atoms with Crippen LogP contribution in [0.4, 0.5) is 0 Å². The van der Waals surface area contributed by atoms with Gasteiger partial charge in [0.25, 0.3) is 5.91 Å². The number of carbonyl (C=O) groups is 1. The van der Waals surface area contributed by atoms with Crippen LogP contribution in [0.2, 0.25) is 0 Å². The molecule has 5 nitrogen and oxygen atoms in total. The number of hydrogen-bond donors (Lipinski definition) is 3. The summed E-state index contributed by atoms with van der Waals surface area (Å²) in [5, 5.41) is 15.8. The van der Waals surface area contributed by atoms with Gasteiger partial charge in [-0.1, -0.05) is 27.2 Å². The molecule has 0 aliphatic carbocycles. The summed E-state index contributed by atoms with van der Waals surface area (Å²) in [6.07, 6.45) is 4.00. The minimum Gasteiger partial charge on any atom is -0.382 e. The van der Waals surface area contributed by atoms with Gasteiger partial charge in [0.05, 0.1) is 6.04 Å². The van der Waals surface area contributed by atoms with E-state index in [2.05, 4.69) is 15.6 Å². The maximum Gasteiger partial charge on any atom is 0.250 e. The standard InChI is InChI=1S/C14H23N3O2.C2H6/c1-4-5-12(15-3)13(18)14(19)17-10(2)11-6-8-16-9-7-11;1-2/h6-10,12-13,15,18H,4-5H2,1-3H3,(H,17,19);1-2H3. The Hall–Kier alpha value is -1.46. The summed E-state index contributed by atoms with van der Waals surface area (Å²) in [7, 11) is 1.75. The van der Waals surface area contributed by atoms with Crippen molar-refractivity contribution in [1.82, 2.24) is 15.6 Å². The third-order valence-corrected chi connectivity index (χ3v) is 3.19. The second kappa shape index (κ2) is 11.2. The molecule has 1 heterocycles. The summed E-state index contributed by atoms with van der Waals surface area (Å²) < 4.78 is 0. The van der Waals surface area contributed by atoms with Gasteiger partial charge >= 0.3 is 0 Å². The summed E-state index contributed by atoms with van der Waals surface area (Å²) in [4.78, 5) is 15.9. The van der Waals surface area contributed by atoms with E-state index in [4.69, 9.17) is 0 Å². The minimum absolute atomic E-state index is 0.149. The van der Waals surface area contributed by atoms with E-state index in [1.165, 1.54) is 0 Å². The van der Waals surface area contributed by atoms with E-state index in [0.29, 0.717) is 0 Å². The normalized spacial score (nSPS) is 14.4. The lowest BCUT2D eigenvalue weighted by atomic mass is 10.0. The summed E-state index contributed by atoms with van der Waals surface area (Å²) in [6, 6.07) is 3.33. The van der Waals surface area contributed by atoms with Crippen LogP contribution in [0.3, 0.4) is 0 Å². The van der Waals surface area contributed by atoms with E-state index in [9.17, 15) is 9.90 Å². The number of likely N-dealkylation sites (N-methyl/N-ethyl adjacent to an activating group) is 1. The van der Waals surface area contributed by atoms with Crippen molar-refractivity contribution in [2.75, 3.05) is 7.05 Å². The lowest BCUT2D eigenvalue weighted by Crippen LogP contribution is -2.48. The van der Waals surface area contributed by atoms with Crippen LogP contribution in [0.25, 0.3) is 0 Å². The molecule has 0 fully saturated rings. The van der Waals surface area contributed by atoms with Crippen LogP contribution in [0.5, 0.6) is 0 Å². The predicted octanol–water partition coefficient (Wildman–Crippen LogP) is 2.03. The smallest absolute Gasteiger partial charge is 0.250 e. The van der Waals surface area contributed by atoms with Crippen LogP contribution in [0.15, 0.2) is 24.5 Å². The Morgan fingerprint density at radius 3 is 2.38 bits per heavy atom. The van der Waals surface area contributed by atoms with Crippen molar-refractivity contribution in [2.24, 2.45) is 0 Å². The molecule has 0 bridgehead atoms. The van der Waals surface area contributed by atoms with E-state index >= 15 is 0 Å². The molecule has 1 amide bonds. The minimum atomic E-state index is -1.03. The maximum absolute atomic E-state index is 12.0. The molecule has 0 aromatic carbocycles. The summed E-state index contributed by atoms with van der Waals surface area (Å²) in [6.45, 7) is 7.91. The lowest BCUT2D eigenvalue weighted by Gasteiger charge is -2.23. The van der Waals surface area contributed by atoms with Crippen molar-refractivity contribution >= 4 is 5.91 Å². The molecular weight excluding hydrogens is 266 g/mol. The Balaban J connectivity index is 0.00000191. The molecule has 1 aromatic rings. The number of carbonyl (C=O) groups excluding carboxylic acids is 1. The summed E-state index contributed by atoms with van der Waals surface area (Å²) in [5.74, 6) is -0.350. The largest absolute Gasteiger partial charge is 0.382 e. The van der Waals surface area contributed by atoms with Crippen molar-refractivity contribution < 1.29 is 9.90 Å². The van der Waals surface area contributed by atoms with Crippen LogP contribution < -0.4 is 10.6 Å². The molecule has 5 heteroatoms. The number of pyridine rings is 1. The van der Waals surface area contributed by atoms with Crippen molar-refractivity contribution in [3.05, 3.63) is 30.1 Å². The second-order valence-corrected chi connectivity index (χ2v) is 4.64. The molecular formula is C16H29N3O2. The van der Waals surface area contributed by atoms with Gasteiger partial charge < -0.3 is 15.7 Å². The molecule has 0 aliphatic rings.